The fraction of sp³-hybridized carbons (Fsp3) is 0.462. The normalized spacial score (nSPS) is 18.2. The molecule has 1 fully saturated rings. The fourth-order valence-corrected chi connectivity index (χ4v) is 2.61. The first-order chi connectivity index (χ1) is 7.67. The molecule has 1 aromatic carbocycles. The predicted molar refractivity (Wildman–Crippen MR) is 79.6 cm³/mol. The first-order valence-electron chi connectivity index (χ1n) is 5.73. The van der Waals surface area contributed by atoms with Crippen LogP contribution in [0.15, 0.2) is 24.3 Å². The van der Waals surface area contributed by atoms with E-state index in [2.05, 4.69) is 5.32 Å². The molecule has 17 heavy (non-hydrogen) atoms. The average molecular weight is 346 g/mol. The summed E-state index contributed by atoms with van der Waals surface area (Å²) in [6, 6.07) is 8.05. The summed E-state index contributed by atoms with van der Waals surface area (Å²) in [5.74, 6) is -0.191. The highest BCUT2D eigenvalue weighted by atomic mass is 127. The third kappa shape index (κ3) is 2.63. The molecule has 0 spiro atoms. The molecule has 1 heterocycles. The molecule has 3 N–H and O–H groups in total. The van der Waals surface area contributed by atoms with Crippen LogP contribution in [0.3, 0.4) is 0 Å². The van der Waals surface area contributed by atoms with Gasteiger partial charge in [-0.05, 0) is 44.0 Å². The van der Waals surface area contributed by atoms with Gasteiger partial charge in [0.05, 0.1) is 5.41 Å². The molecular weight excluding hydrogens is 327 g/mol. The van der Waals surface area contributed by atoms with E-state index in [-0.39, 0.29) is 29.9 Å². The van der Waals surface area contributed by atoms with E-state index in [1.807, 2.05) is 31.2 Å². The molecule has 1 saturated heterocycles. The van der Waals surface area contributed by atoms with Crippen LogP contribution in [0.1, 0.15) is 24.0 Å². The van der Waals surface area contributed by atoms with E-state index in [0.29, 0.717) is 0 Å². The van der Waals surface area contributed by atoms with E-state index in [4.69, 9.17) is 5.73 Å². The molecule has 0 unspecified atom stereocenters. The summed E-state index contributed by atoms with van der Waals surface area (Å²) in [7, 11) is 0. The third-order valence-electron chi connectivity index (χ3n) is 3.59. The van der Waals surface area contributed by atoms with Gasteiger partial charge in [-0.15, -0.1) is 24.0 Å². The first kappa shape index (κ1) is 14.4. The lowest BCUT2D eigenvalue weighted by Crippen LogP contribution is -2.49. The Hall–Kier alpha value is -0.620. The summed E-state index contributed by atoms with van der Waals surface area (Å²) >= 11 is 0. The number of carbonyl (C=O) groups excluding carboxylic acids is 1. The SMILES string of the molecule is Cc1ccccc1C1(C(N)=O)CCNCC1.I. The lowest BCUT2D eigenvalue weighted by Gasteiger charge is -2.36. The molecule has 1 aliphatic rings. The number of primary amides is 1. The second-order valence-corrected chi connectivity index (χ2v) is 4.51. The first-order valence-corrected chi connectivity index (χ1v) is 5.73. The Morgan fingerprint density at radius 2 is 1.88 bits per heavy atom. The van der Waals surface area contributed by atoms with Gasteiger partial charge in [-0.25, -0.2) is 0 Å². The molecule has 0 radical (unpaired) electrons. The molecule has 0 bridgehead atoms. The van der Waals surface area contributed by atoms with E-state index in [0.717, 1.165) is 37.1 Å². The Kier molecular flexibility index (Phi) is 4.94. The summed E-state index contributed by atoms with van der Waals surface area (Å²) in [6.07, 6.45) is 1.60. The van der Waals surface area contributed by atoms with Gasteiger partial charge in [-0.1, -0.05) is 24.3 Å². The van der Waals surface area contributed by atoms with Crippen molar-refractivity contribution in [1.29, 1.82) is 0 Å². The summed E-state index contributed by atoms with van der Waals surface area (Å²) in [4.78, 5) is 11.8. The monoisotopic (exact) mass is 346 g/mol. The molecule has 0 aromatic heterocycles. The summed E-state index contributed by atoms with van der Waals surface area (Å²) in [5.41, 5.74) is 7.43. The van der Waals surface area contributed by atoms with Crippen molar-refractivity contribution >= 4 is 29.9 Å². The van der Waals surface area contributed by atoms with Crippen LogP contribution in [0, 0.1) is 6.92 Å². The molecule has 3 nitrogen and oxygen atoms in total. The van der Waals surface area contributed by atoms with Crippen LogP contribution in [0.4, 0.5) is 0 Å². The Bertz CT molecular complexity index is 400. The highest BCUT2D eigenvalue weighted by Gasteiger charge is 2.40. The van der Waals surface area contributed by atoms with Gasteiger partial charge >= 0.3 is 0 Å². The van der Waals surface area contributed by atoms with E-state index < -0.39 is 5.41 Å². The molecule has 1 aromatic rings. The largest absolute Gasteiger partial charge is 0.369 e. The summed E-state index contributed by atoms with van der Waals surface area (Å²) < 4.78 is 0. The van der Waals surface area contributed by atoms with Crippen LogP contribution in [0.2, 0.25) is 0 Å². The maximum Gasteiger partial charge on any atom is 0.228 e. The van der Waals surface area contributed by atoms with Crippen molar-refractivity contribution in [2.24, 2.45) is 5.73 Å². The van der Waals surface area contributed by atoms with Gasteiger partial charge in [0.1, 0.15) is 0 Å². The van der Waals surface area contributed by atoms with Crippen molar-refractivity contribution in [2.45, 2.75) is 25.2 Å². The molecule has 94 valence electrons. The highest BCUT2D eigenvalue weighted by Crippen LogP contribution is 2.34. The van der Waals surface area contributed by atoms with Crippen molar-refractivity contribution in [3.05, 3.63) is 35.4 Å². The third-order valence-corrected chi connectivity index (χ3v) is 3.59. The van der Waals surface area contributed by atoms with E-state index in [1.165, 1.54) is 0 Å². The molecule has 0 atom stereocenters. The Morgan fingerprint density at radius 3 is 2.41 bits per heavy atom. The van der Waals surface area contributed by atoms with Crippen LogP contribution in [0.25, 0.3) is 0 Å². The smallest absolute Gasteiger partial charge is 0.228 e. The van der Waals surface area contributed by atoms with Gasteiger partial charge in [-0.3, -0.25) is 4.79 Å². The van der Waals surface area contributed by atoms with Gasteiger partial charge < -0.3 is 11.1 Å². The summed E-state index contributed by atoms with van der Waals surface area (Å²) in [6.45, 7) is 3.76. The number of aryl methyl sites for hydroxylation is 1. The van der Waals surface area contributed by atoms with Crippen molar-refractivity contribution < 1.29 is 4.79 Å². The van der Waals surface area contributed by atoms with Gasteiger partial charge in [0, 0.05) is 0 Å². The van der Waals surface area contributed by atoms with Crippen LogP contribution in [-0.4, -0.2) is 19.0 Å². The second-order valence-electron chi connectivity index (χ2n) is 4.51. The molecule has 0 saturated carbocycles. The second kappa shape index (κ2) is 5.82. The number of nitrogens with one attached hydrogen (secondary N) is 1. The lowest BCUT2D eigenvalue weighted by molar-refractivity contribution is -0.124. The maximum absolute atomic E-state index is 11.8. The molecule has 2 rings (SSSR count). The topological polar surface area (TPSA) is 55.1 Å². The van der Waals surface area contributed by atoms with Gasteiger partial charge in [0.15, 0.2) is 0 Å². The lowest BCUT2D eigenvalue weighted by atomic mass is 9.71. The van der Waals surface area contributed by atoms with Gasteiger partial charge in [0.2, 0.25) is 5.91 Å². The van der Waals surface area contributed by atoms with Crippen molar-refractivity contribution in [1.82, 2.24) is 5.32 Å². The zero-order valence-electron chi connectivity index (χ0n) is 10.0. The van der Waals surface area contributed by atoms with E-state index in [9.17, 15) is 4.79 Å². The van der Waals surface area contributed by atoms with Crippen molar-refractivity contribution in [3.63, 3.8) is 0 Å². The van der Waals surface area contributed by atoms with Crippen LogP contribution >= 0.6 is 24.0 Å². The predicted octanol–water partition coefficient (Wildman–Crippen LogP) is 1.72. The minimum Gasteiger partial charge on any atom is -0.369 e. The average Bonchev–Trinajstić information content (AvgIpc) is 2.30. The van der Waals surface area contributed by atoms with E-state index >= 15 is 0 Å². The number of benzene rings is 1. The van der Waals surface area contributed by atoms with Crippen LogP contribution in [0.5, 0.6) is 0 Å². The number of amides is 1. The minimum absolute atomic E-state index is 0. The number of hydrogen-bond donors (Lipinski definition) is 2. The maximum atomic E-state index is 11.8. The summed E-state index contributed by atoms with van der Waals surface area (Å²) in [5, 5.41) is 3.28. The quantitative estimate of drug-likeness (QED) is 0.802. The van der Waals surface area contributed by atoms with Crippen molar-refractivity contribution in [3.8, 4) is 0 Å². The standard InChI is InChI=1S/C13H18N2O.HI/c1-10-4-2-3-5-11(10)13(12(14)16)6-8-15-9-7-13;/h2-5,15H,6-9H2,1H3,(H2,14,16);1H. The van der Waals surface area contributed by atoms with Crippen LogP contribution < -0.4 is 11.1 Å². The Morgan fingerprint density at radius 1 is 1.29 bits per heavy atom. The molecule has 1 aliphatic heterocycles. The minimum atomic E-state index is -0.462. The highest BCUT2D eigenvalue weighted by molar-refractivity contribution is 14.0. The molecule has 1 amide bonds. The zero-order chi connectivity index (χ0) is 11.6. The number of nitrogens with two attached hydrogens (primary N) is 1. The Balaban J connectivity index is 0.00000144. The number of carbonyl (C=O) groups is 1. The van der Waals surface area contributed by atoms with Crippen molar-refractivity contribution in [2.75, 3.05) is 13.1 Å². The van der Waals surface area contributed by atoms with Gasteiger partial charge in [0.25, 0.3) is 0 Å². The number of piperidine rings is 1. The molecular formula is C13H19IN2O. The van der Waals surface area contributed by atoms with E-state index in [1.54, 1.807) is 0 Å². The van der Waals surface area contributed by atoms with Gasteiger partial charge in [-0.2, -0.15) is 0 Å². The molecule has 0 aliphatic carbocycles. The number of hydrogen-bond acceptors (Lipinski definition) is 2. The van der Waals surface area contributed by atoms with Crippen LogP contribution in [-0.2, 0) is 10.2 Å². The fourth-order valence-electron chi connectivity index (χ4n) is 2.61. The number of rotatable bonds is 2. The zero-order valence-corrected chi connectivity index (χ0v) is 12.4. The molecule has 4 heteroatoms. The number of halogens is 1. The Labute approximate surface area is 119 Å².